The maximum atomic E-state index is 13.3. The highest BCUT2D eigenvalue weighted by molar-refractivity contribution is 7.13. The van der Waals surface area contributed by atoms with E-state index in [4.69, 9.17) is 16.3 Å². The van der Waals surface area contributed by atoms with E-state index in [2.05, 4.69) is 16.4 Å². The number of para-hydroxylation sites is 1. The van der Waals surface area contributed by atoms with E-state index >= 15 is 0 Å². The lowest BCUT2D eigenvalue weighted by Crippen LogP contribution is -2.39. The molecule has 0 fully saturated rings. The molecule has 0 saturated heterocycles. The first-order chi connectivity index (χ1) is 16.0. The van der Waals surface area contributed by atoms with Crippen LogP contribution in [-0.4, -0.2) is 22.0 Å². The molecule has 168 valence electrons. The van der Waals surface area contributed by atoms with Crippen molar-refractivity contribution < 1.29 is 9.53 Å². The molecule has 7 heteroatoms. The molecule has 4 aromatic rings. The third-order valence-electron chi connectivity index (χ3n) is 5.00. The van der Waals surface area contributed by atoms with Crippen LogP contribution < -0.4 is 10.1 Å². The van der Waals surface area contributed by atoms with Crippen molar-refractivity contribution in [1.29, 1.82) is 0 Å². The van der Waals surface area contributed by atoms with Gasteiger partial charge in [0.15, 0.2) is 5.75 Å². The highest BCUT2D eigenvalue weighted by atomic mass is 35.5. The van der Waals surface area contributed by atoms with Gasteiger partial charge in [-0.3, -0.25) is 0 Å². The van der Waals surface area contributed by atoms with E-state index in [1.54, 1.807) is 40.6 Å². The van der Waals surface area contributed by atoms with Gasteiger partial charge >= 0.3 is 6.03 Å². The molecular formula is C26H24ClN3O2S. The summed E-state index contributed by atoms with van der Waals surface area (Å²) in [6.45, 7) is 4.45. The van der Waals surface area contributed by atoms with Gasteiger partial charge < -0.3 is 15.0 Å². The second-order valence-corrected chi connectivity index (χ2v) is 9.08. The van der Waals surface area contributed by atoms with Gasteiger partial charge in [0.05, 0.1) is 5.69 Å². The minimum atomic E-state index is -0.218. The lowest BCUT2D eigenvalue weighted by molar-refractivity contribution is 0.193. The normalized spacial score (nSPS) is 10.8. The van der Waals surface area contributed by atoms with Crippen LogP contribution in [0, 0.1) is 0 Å². The van der Waals surface area contributed by atoms with Crippen molar-refractivity contribution in [3.05, 3.63) is 95.0 Å². The van der Waals surface area contributed by atoms with Crippen LogP contribution in [0.4, 0.5) is 10.5 Å². The molecule has 0 unspecified atom stereocenters. The fourth-order valence-electron chi connectivity index (χ4n) is 3.34. The number of urea groups is 1. The number of nitrogens with one attached hydrogen (secondary N) is 1. The lowest BCUT2D eigenvalue weighted by atomic mass is 10.1. The summed E-state index contributed by atoms with van der Waals surface area (Å²) in [5, 5.41) is 6.44. The number of carbonyl (C=O) groups excluding carboxylic acids is 1. The Hall–Kier alpha value is -3.35. The Balaban J connectivity index is 1.53. The molecule has 33 heavy (non-hydrogen) atoms. The van der Waals surface area contributed by atoms with E-state index in [1.807, 2.05) is 67.8 Å². The van der Waals surface area contributed by atoms with Gasteiger partial charge in [-0.2, -0.15) is 0 Å². The number of aromatic nitrogens is 1. The molecule has 3 aromatic carbocycles. The standard InChI is InChI=1S/C26H24ClN3O2S/c1-18(2)30(17-19-7-6-8-20(15-19)25-28-13-14-33-25)26(31)29-23-12-11-21(27)16-24(23)32-22-9-4-3-5-10-22/h3-16,18H,17H2,1-2H3,(H,29,31). The van der Waals surface area contributed by atoms with Crippen LogP contribution in [-0.2, 0) is 6.54 Å². The third kappa shape index (κ3) is 5.92. The number of hydrogen-bond acceptors (Lipinski definition) is 4. The number of carbonyl (C=O) groups is 1. The quantitative estimate of drug-likeness (QED) is 0.296. The third-order valence-corrected chi connectivity index (χ3v) is 6.06. The number of thiazole rings is 1. The molecule has 0 aliphatic rings. The van der Waals surface area contributed by atoms with Gasteiger partial charge in [0.2, 0.25) is 0 Å². The van der Waals surface area contributed by atoms with E-state index in [9.17, 15) is 4.79 Å². The summed E-state index contributed by atoms with van der Waals surface area (Å²) >= 11 is 7.78. The van der Waals surface area contributed by atoms with Crippen molar-refractivity contribution in [2.75, 3.05) is 5.32 Å². The van der Waals surface area contributed by atoms with Crippen LogP contribution in [0.2, 0.25) is 5.02 Å². The maximum Gasteiger partial charge on any atom is 0.322 e. The maximum absolute atomic E-state index is 13.3. The van der Waals surface area contributed by atoms with Crippen molar-refractivity contribution in [1.82, 2.24) is 9.88 Å². The molecule has 0 atom stereocenters. The predicted octanol–water partition coefficient (Wildman–Crippen LogP) is 7.70. The molecule has 1 N–H and O–H groups in total. The second-order valence-electron chi connectivity index (χ2n) is 7.75. The highest BCUT2D eigenvalue weighted by Crippen LogP contribution is 2.33. The van der Waals surface area contributed by atoms with Gasteiger partial charge in [0, 0.05) is 40.8 Å². The first-order valence-electron chi connectivity index (χ1n) is 10.6. The molecule has 0 aliphatic carbocycles. The Kier molecular flexibility index (Phi) is 7.27. The minimum absolute atomic E-state index is 0.0145. The van der Waals surface area contributed by atoms with Crippen LogP contribution in [0.3, 0.4) is 0 Å². The average Bonchev–Trinajstić information content (AvgIpc) is 3.35. The summed E-state index contributed by atoms with van der Waals surface area (Å²) in [7, 11) is 0. The molecule has 0 saturated carbocycles. The van der Waals surface area contributed by atoms with E-state index in [0.717, 1.165) is 16.1 Å². The zero-order valence-electron chi connectivity index (χ0n) is 18.4. The van der Waals surface area contributed by atoms with Gasteiger partial charge in [-0.1, -0.05) is 48.0 Å². The fourth-order valence-corrected chi connectivity index (χ4v) is 4.14. The topological polar surface area (TPSA) is 54.5 Å². The summed E-state index contributed by atoms with van der Waals surface area (Å²) in [5.41, 5.74) is 2.63. The Morgan fingerprint density at radius 1 is 1.09 bits per heavy atom. The number of halogens is 1. The van der Waals surface area contributed by atoms with Crippen molar-refractivity contribution in [2.24, 2.45) is 0 Å². The summed E-state index contributed by atoms with van der Waals surface area (Å²) in [6.07, 6.45) is 1.79. The van der Waals surface area contributed by atoms with Crippen molar-refractivity contribution in [2.45, 2.75) is 26.4 Å². The smallest absolute Gasteiger partial charge is 0.322 e. The molecule has 1 heterocycles. The van der Waals surface area contributed by atoms with Crippen LogP contribution >= 0.6 is 22.9 Å². The zero-order chi connectivity index (χ0) is 23.2. The Morgan fingerprint density at radius 2 is 1.91 bits per heavy atom. The summed E-state index contributed by atoms with van der Waals surface area (Å²) in [5.74, 6) is 1.14. The van der Waals surface area contributed by atoms with E-state index in [0.29, 0.717) is 28.8 Å². The molecule has 0 aliphatic heterocycles. The molecule has 5 nitrogen and oxygen atoms in total. The van der Waals surface area contributed by atoms with Crippen LogP contribution in [0.1, 0.15) is 19.4 Å². The predicted molar refractivity (Wildman–Crippen MR) is 135 cm³/mol. The van der Waals surface area contributed by atoms with E-state index < -0.39 is 0 Å². The van der Waals surface area contributed by atoms with E-state index in [1.165, 1.54) is 0 Å². The molecule has 0 bridgehead atoms. The van der Waals surface area contributed by atoms with Crippen molar-refractivity contribution >= 4 is 34.7 Å². The number of anilines is 1. The Labute approximate surface area is 202 Å². The van der Waals surface area contributed by atoms with Crippen molar-refractivity contribution in [3.8, 4) is 22.1 Å². The number of ether oxygens (including phenoxy) is 1. The average molecular weight is 478 g/mol. The van der Waals surface area contributed by atoms with Crippen LogP contribution in [0.15, 0.2) is 84.4 Å². The molecule has 0 radical (unpaired) electrons. The molecule has 4 rings (SSSR count). The van der Waals surface area contributed by atoms with Gasteiger partial charge in [0.25, 0.3) is 0 Å². The van der Waals surface area contributed by atoms with Crippen molar-refractivity contribution in [3.63, 3.8) is 0 Å². The zero-order valence-corrected chi connectivity index (χ0v) is 19.9. The lowest BCUT2D eigenvalue weighted by Gasteiger charge is -2.27. The number of nitrogens with zero attached hydrogens (tertiary/aromatic N) is 2. The summed E-state index contributed by atoms with van der Waals surface area (Å²) < 4.78 is 5.98. The first kappa shape index (κ1) is 22.8. The number of amides is 2. The van der Waals surface area contributed by atoms with Gasteiger partial charge in [-0.05, 0) is 49.7 Å². The molecule has 2 amide bonds. The van der Waals surface area contributed by atoms with Gasteiger partial charge in [-0.15, -0.1) is 11.3 Å². The summed E-state index contributed by atoms with van der Waals surface area (Å²) in [6, 6.07) is 22.5. The Morgan fingerprint density at radius 3 is 2.64 bits per heavy atom. The second kappa shape index (κ2) is 10.5. The monoisotopic (exact) mass is 477 g/mol. The largest absolute Gasteiger partial charge is 0.455 e. The van der Waals surface area contributed by atoms with E-state index in [-0.39, 0.29) is 12.1 Å². The molecule has 1 aromatic heterocycles. The number of rotatable bonds is 7. The highest BCUT2D eigenvalue weighted by Gasteiger charge is 2.20. The van der Waals surface area contributed by atoms with Crippen LogP contribution in [0.5, 0.6) is 11.5 Å². The molecule has 0 spiro atoms. The van der Waals surface area contributed by atoms with Gasteiger partial charge in [-0.25, -0.2) is 9.78 Å². The van der Waals surface area contributed by atoms with Crippen LogP contribution in [0.25, 0.3) is 10.6 Å². The fraction of sp³-hybridized carbons (Fsp3) is 0.154. The number of hydrogen-bond donors (Lipinski definition) is 1. The van der Waals surface area contributed by atoms with Gasteiger partial charge in [0.1, 0.15) is 10.8 Å². The first-order valence-corrected chi connectivity index (χ1v) is 11.8. The molecular weight excluding hydrogens is 454 g/mol. The number of benzene rings is 3. The summed E-state index contributed by atoms with van der Waals surface area (Å²) in [4.78, 5) is 19.4. The minimum Gasteiger partial charge on any atom is -0.455 e. The SMILES string of the molecule is CC(C)N(Cc1cccc(-c2nccs2)c1)C(=O)Nc1ccc(Cl)cc1Oc1ccccc1. The Bertz CT molecular complexity index is 1210.